The lowest BCUT2D eigenvalue weighted by Gasteiger charge is -2.13. The van der Waals surface area contributed by atoms with Crippen LogP contribution >= 0.6 is 7.92 Å². The van der Waals surface area contributed by atoms with E-state index in [1.54, 1.807) is 0 Å². The van der Waals surface area contributed by atoms with Gasteiger partial charge in [-0.05, 0) is 18.5 Å². The van der Waals surface area contributed by atoms with Crippen LogP contribution in [0.3, 0.4) is 0 Å². The molecular formula is C9H21BF3P. The van der Waals surface area contributed by atoms with Gasteiger partial charge in [0.2, 0.25) is 0 Å². The van der Waals surface area contributed by atoms with Crippen LogP contribution in [0.4, 0.5) is 12.9 Å². The molecule has 14 heavy (non-hydrogen) atoms. The van der Waals surface area contributed by atoms with Crippen LogP contribution in [0.2, 0.25) is 0 Å². The van der Waals surface area contributed by atoms with Crippen molar-refractivity contribution in [2.75, 3.05) is 18.5 Å². The van der Waals surface area contributed by atoms with E-state index in [0.717, 1.165) is 0 Å². The molecule has 0 atom stereocenters. The standard InChI is InChI=1S/C9H21P.BF3/c1-4-7-10(8-5-2)9-6-3;2-1(3)4/h4-9H2,1-3H3;. The minimum atomic E-state index is -3.67. The maximum atomic E-state index is 9.67. The summed E-state index contributed by atoms with van der Waals surface area (Å²) in [6, 6.07) is 0. The highest BCUT2D eigenvalue weighted by Gasteiger charge is 2.06. The van der Waals surface area contributed by atoms with Gasteiger partial charge in [0.15, 0.2) is 0 Å². The van der Waals surface area contributed by atoms with Crippen molar-refractivity contribution < 1.29 is 12.9 Å². The summed E-state index contributed by atoms with van der Waals surface area (Å²) in [5.74, 6) is 0. The van der Waals surface area contributed by atoms with Crippen LogP contribution in [0.5, 0.6) is 0 Å². The van der Waals surface area contributed by atoms with Crippen molar-refractivity contribution >= 4 is 15.5 Å². The molecule has 0 heterocycles. The van der Waals surface area contributed by atoms with Crippen molar-refractivity contribution in [1.29, 1.82) is 0 Å². The normalized spacial score (nSPS) is 9.64. The van der Waals surface area contributed by atoms with Gasteiger partial charge in [0.05, 0.1) is 0 Å². The molecule has 86 valence electrons. The van der Waals surface area contributed by atoms with Crippen LogP contribution in [-0.4, -0.2) is 26.0 Å². The highest BCUT2D eigenvalue weighted by molar-refractivity contribution is 7.57. The van der Waals surface area contributed by atoms with Crippen molar-refractivity contribution in [2.45, 2.75) is 40.0 Å². The number of hydrogen-bond acceptors (Lipinski definition) is 0. The molecule has 0 spiro atoms. The molecule has 0 bridgehead atoms. The highest BCUT2D eigenvalue weighted by Crippen LogP contribution is 2.37. The van der Waals surface area contributed by atoms with Crippen molar-refractivity contribution in [3.05, 3.63) is 0 Å². The Balaban J connectivity index is 0. The van der Waals surface area contributed by atoms with Crippen molar-refractivity contribution in [2.24, 2.45) is 0 Å². The van der Waals surface area contributed by atoms with Crippen molar-refractivity contribution in [3.8, 4) is 0 Å². The lowest BCUT2D eigenvalue weighted by molar-refractivity contribution is 0.535. The minimum absolute atomic E-state index is 0.439. The molecule has 0 aromatic rings. The first-order valence-corrected chi connectivity index (χ1v) is 7.12. The molecule has 0 nitrogen and oxygen atoms in total. The Labute approximate surface area is 87.6 Å². The number of halogens is 3. The van der Waals surface area contributed by atoms with Crippen LogP contribution in [-0.2, 0) is 0 Å². The van der Waals surface area contributed by atoms with Gasteiger partial charge >= 0.3 is 7.54 Å². The first-order valence-electron chi connectivity index (χ1n) is 5.22. The Hall–Kier alpha value is 0.285. The third-order valence-electron chi connectivity index (χ3n) is 1.62. The summed E-state index contributed by atoms with van der Waals surface area (Å²) in [6.45, 7) is 6.92. The molecule has 0 saturated carbocycles. The van der Waals surface area contributed by atoms with E-state index in [1.165, 1.54) is 37.7 Å². The monoisotopic (exact) mass is 228 g/mol. The predicted octanol–water partition coefficient (Wildman–Crippen LogP) is 4.58. The molecule has 0 unspecified atom stereocenters. The van der Waals surface area contributed by atoms with E-state index in [4.69, 9.17) is 0 Å². The first-order chi connectivity index (χ1) is 6.58. The molecule has 0 aromatic carbocycles. The Kier molecular flexibility index (Phi) is 15.9. The van der Waals surface area contributed by atoms with Gasteiger partial charge in [-0.1, -0.05) is 40.0 Å². The van der Waals surface area contributed by atoms with Crippen LogP contribution in [0, 0.1) is 0 Å². The molecule has 0 N–H and O–H groups in total. The predicted molar refractivity (Wildman–Crippen MR) is 61.5 cm³/mol. The van der Waals surface area contributed by atoms with Gasteiger partial charge in [-0.15, -0.1) is 7.92 Å². The van der Waals surface area contributed by atoms with Gasteiger partial charge in [-0.3, -0.25) is 12.9 Å². The molecular weight excluding hydrogens is 207 g/mol. The van der Waals surface area contributed by atoms with E-state index in [2.05, 4.69) is 20.8 Å². The average molecular weight is 228 g/mol. The fraction of sp³-hybridized carbons (Fsp3) is 1.00. The van der Waals surface area contributed by atoms with E-state index >= 15 is 0 Å². The second-order valence-corrected chi connectivity index (χ2v) is 5.77. The summed E-state index contributed by atoms with van der Waals surface area (Å²) in [5, 5.41) is 0. The van der Waals surface area contributed by atoms with Gasteiger partial charge in [0, 0.05) is 0 Å². The zero-order valence-corrected chi connectivity index (χ0v) is 10.3. The summed E-state index contributed by atoms with van der Waals surface area (Å²) in [7, 11) is -3.23. The molecule has 0 saturated heterocycles. The van der Waals surface area contributed by atoms with Crippen LogP contribution in [0.15, 0.2) is 0 Å². The fourth-order valence-electron chi connectivity index (χ4n) is 1.28. The van der Waals surface area contributed by atoms with Gasteiger partial charge in [-0.25, -0.2) is 0 Å². The minimum Gasteiger partial charge on any atom is -0.254 e. The fourth-order valence-corrected chi connectivity index (χ4v) is 3.85. The van der Waals surface area contributed by atoms with E-state index in [0.29, 0.717) is 7.92 Å². The van der Waals surface area contributed by atoms with E-state index in [-0.39, 0.29) is 0 Å². The lowest BCUT2D eigenvalue weighted by atomic mass is 10.5. The van der Waals surface area contributed by atoms with Crippen LogP contribution < -0.4 is 0 Å². The molecule has 0 fully saturated rings. The zero-order valence-electron chi connectivity index (χ0n) is 9.40. The molecule has 0 aliphatic carbocycles. The van der Waals surface area contributed by atoms with Crippen LogP contribution in [0.1, 0.15) is 40.0 Å². The SMILES string of the molecule is CCCP(CCC)CCC.FB(F)F. The van der Waals surface area contributed by atoms with E-state index in [1.807, 2.05) is 0 Å². The molecule has 0 rings (SSSR count). The van der Waals surface area contributed by atoms with Crippen molar-refractivity contribution in [3.63, 3.8) is 0 Å². The molecule has 0 radical (unpaired) electrons. The summed E-state index contributed by atoms with van der Waals surface area (Å²) in [6.07, 6.45) is 8.72. The van der Waals surface area contributed by atoms with Gasteiger partial charge in [0.25, 0.3) is 0 Å². The maximum absolute atomic E-state index is 9.67. The van der Waals surface area contributed by atoms with Gasteiger partial charge in [-0.2, -0.15) is 0 Å². The second kappa shape index (κ2) is 13.3. The van der Waals surface area contributed by atoms with E-state index in [9.17, 15) is 12.9 Å². The smallest absolute Gasteiger partial charge is 0.254 e. The Morgan fingerprint density at radius 1 is 0.786 bits per heavy atom. The lowest BCUT2D eigenvalue weighted by Crippen LogP contribution is -1.92. The molecule has 0 aliphatic heterocycles. The maximum Gasteiger partial charge on any atom is 0.762 e. The summed E-state index contributed by atoms with van der Waals surface area (Å²) < 4.78 is 29.0. The summed E-state index contributed by atoms with van der Waals surface area (Å²) in [4.78, 5) is 0. The average Bonchev–Trinajstić information content (AvgIpc) is 2.04. The third-order valence-corrected chi connectivity index (χ3v) is 4.86. The largest absolute Gasteiger partial charge is 0.762 e. The summed E-state index contributed by atoms with van der Waals surface area (Å²) >= 11 is 0. The quantitative estimate of drug-likeness (QED) is 0.461. The number of rotatable bonds is 6. The van der Waals surface area contributed by atoms with Crippen LogP contribution in [0.25, 0.3) is 0 Å². The zero-order chi connectivity index (χ0) is 11.4. The summed E-state index contributed by atoms with van der Waals surface area (Å²) in [5.41, 5.74) is 0. The Bertz CT molecular complexity index is 87.0. The third kappa shape index (κ3) is 18.1. The Morgan fingerprint density at radius 3 is 1.14 bits per heavy atom. The Morgan fingerprint density at radius 2 is 1.00 bits per heavy atom. The highest BCUT2D eigenvalue weighted by atomic mass is 31.1. The van der Waals surface area contributed by atoms with Gasteiger partial charge in [0.1, 0.15) is 0 Å². The second-order valence-electron chi connectivity index (χ2n) is 3.09. The molecule has 5 heteroatoms. The topological polar surface area (TPSA) is 0 Å². The van der Waals surface area contributed by atoms with Gasteiger partial charge < -0.3 is 0 Å². The molecule has 0 amide bonds. The number of hydrogen-bond donors (Lipinski definition) is 0. The van der Waals surface area contributed by atoms with E-state index < -0.39 is 7.54 Å². The molecule has 0 aliphatic rings. The first kappa shape index (κ1) is 16.7. The van der Waals surface area contributed by atoms with Crippen molar-refractivity contribution in [1.82, 2.24) is 0 Å². The molecule has 0 aromatic heterocycles.